The number of benzene rings is 8. The van der Waals surface area contributed by atoms with Gasteiger partial charge in [-0.25, -0.2) is 0 Å². The molecule has 0 unspecified atom stereocenters. The molecule has 1 nitrogen and oxygen atoms in total. The third-order valence-corrected chi connectivity index (χ3v) is 11.1. The van der Waals surface area contributed by atoms with E-state index >= 15 is 0 Å². The third-order valence-electron chi connectivity index (χ3n) is 9.88. The Balaban J connectivity index is 1.24. The molecule has 11 aromatic rings. The molecule has 0 atom stereocenters. The number of nitrogens with zero attached hydrogens (tertiary/aromatic N) is 1. The maximum Gasteiger partial charge on any atom is 0.0627 e. The van der Waals surface area contributed by atoms with Crippen molar-refractivity contribution < 1.29 is 0 Å². The zero-order valence-corrected chi connectivity index (χ0v) is 24.5. The average molecular weight is 574 g/mol. The first kappa shape index (κ1) is 23.1. The van der Waals surface area contributed by atoms with Crippen molar-refractivity contribution in [1.82, 2.24) is 4.40 Å². The second-order valence-electron chi connectivity index (χ2n) is 12.0. The van der Waals surface area contributed by atoms with E-state index in [0.717, 1.165) is 0 Å². The van der Waals surface area contributed by atoms with Gasteiger partial charge < -0.3 is 4.40 Å². The Hall–Kier alpha value is -5.44. The predicted molar refractivity (Wildman–Crippen MR) is 191 cm³/mol. The summed E-state index contributed by atoms with van der Waals surface area (Å²) in [6.45, 7) is 0. The van der Waals surface area contributed by atoms with Crippen LogP contribution in [0, 0.1) is 0 Å². The van der Waals surface area contributed by atoms with Gasteiger partial charge in [0, 0.05) is 47.3 Å². The summed E-state index contributed by atoms with van der Waals surface area (Å²) in [7, 11) is 0. The van der Waals surface area contributed by atoms with Crippen LogP contribution in [0.4, 0.5) is 0 Å². The van der Waals surface area contributed by atoms with Crippen molar-refractivity contribution in [3.05, 3.63) is 140 Å². The Morgan fingerprint density at radius 1 is 0.386 bits per heavy atom. The Morgan fingerprint density at radius 2 is 0.977 bits per heavy atom. The van der Waals surface area contributed by atoms with Crippen LogP contribution in [-0.4, -0.2) is 4.40 Å². The van der Waals surface area contributed by atoms with Crippen LogP contribution in [0.5, 0.6) is 0 Å². The lowest BCUT2D eigenvalue weighted by molar-refractivity contribution is 1.37. The van der Waals surface area contributed by atoms with Crippen LogP contribution >= 0.6 is 11.3 Å². The van der Waals surface area contributed by atoms with E-state index in [-0.39, 0.29) is 0 Å². The van der Waals surface area contributed by atoms with Crippen molar-refractivity contribution in [3.8, 4) is 22.3 Å². The second-order valence-corrected chi connectivity index (χ2v) is 13.1. The topological polar surface area (TPSA) is 4.41 Å². The van der Waals surface area contributed by atoms with Gasteiger partial charge >= 0.3 is 0 Å². The molecule has 44 heavy (non-hydrogen) atoms. The number of hydrogen-bond donors (Lipinski definition) is 0. The second kappa shape index (κ2) is 8.13. The highest BCUT2D eigenvalue weighted by molar-refractivity contribution is 7.26. The van der Waals surface area contributed by atoms with Crippen molar-refractivity contribution in [2.24, 2.45) is 0 Å². The molecule has 0 spiro atoms. The Kier molecular flexibility index (Phi) is 4.26. The molecule has 0 saturated heterocycles. The molecule has 0 aliphatic carbocycles. The van der Waals surface area contributed by atoms with Gasteiger partial charge in [-0.3, -0.25) is 0 Å². The predicted octanol–water partition coefficient (Wildman–Crippen LogP) is 12.3. The van der Waals surface area contributed by atoms with E-state index in [1.54, 1.807) is 0 Å². The lowest BCUT2D eigenvalue weighted by atomic mass is 9.93. The third kappa shape index (κ3) is 2.75. The molecule has 8 aromatic carbocycles. The first-order valence-electron chi connectivity index (χ1n) is 15.2. The molecule has 0 aliphatic rings. The molecule has 0 amide bonds. The fourth-order valence-electron chi connectivity index (χ4n) is 8.10. The number of fused-ring (bicyclic) bond motifs is 10. The summed E-state index contributed by atoms with van der Waals surface area (Å²) >= 11 is 1.89. The minimum Gasteiger partial charge on any atom is -0.307 e. The van der Waals surface area contributed by atoms with Crippen LogP contribution in [0.15, 0.2) is 140 Å². The molecule has 2 heteroatoms. The number of para-hydroxylation sites is 1. The van der Waals surface area contributed by atoms with Gasteiger partial charge in [0.25, 0.3) is 0 Å². The summed E-state index contributed by atoms with van der Waals surface area (Å²) < 4.78 is 5.25. The smallest absolute Gasteiger partial charge is 0.0627 e. The van der Waals surface area contributed by atoms with E-state index in [0.29, 0.717) is 0 Å². The summed E-state index contributed by atoms with van der Waals surface area (Å²) in [5, 5.41) is 13.4. The van der Waals surface area contributed by atoms with Crippen molar-refractivity contribution in [1.29, 1.82) is 0 Å². The Labute approximate surface area is 256 Å². The average Bonchev–Trinajstić information content (AvgIpc) is 3.75. The summed E-state index contributed by atoms with van der Waals surface area (Å²) in [4.78, 5) is 0. The molecule has 0 bridgehead atoms. The first-order chi connectivity index (χ1) is 21.8. The van der Waals surface area contributed by atoms with E-state index in [4.69, 9.17) is 0 Å². The highest BCUT2D eigenvalue weighted by Gasteiger charge is 2.24. The minimum atomic E-state index is 1.25. The molecule has 3 aromatic heterocycles. The number of hydrogen-bond acceptors (Lipinski definition) is 1. The molecular weight excluding hydrogens is 551 g/mol. The molecule has 0 radical (unpaired) electrons. The largest absolute Gasteiger partial charge is 0.307 e. The van der Waals surface area contributed by atoms with Crippen LogP contribution in [0.3, 0.4) is 0 Å². The lowest BCUT2D eigenvalue weighted by Crippen LogP contribution is -1.87. The van der Waals surface area contributed by atoms with Crippen LogP contribution in [0.25, 0.3) is 102 Å². The number of thiophene rings is 1. The summed E-state index contributed by atoms with van der Waals surface area (Å²) in [5.74, 6) is 0. The highest BCUT2D eigenvalue weighted by Crippen LogP contribution is 2.48. The van der Waals surface area contributed by atoms with Gasteiger partial charge in [0.2, 0.25) is 0 Å². The normalized spacial score (nSPS) is 12.5. The maximum atomic E-state index is 2.56. The Bertz CT molecular complexity index is 2940. The zero-order valence-electron chi connectivity index (χ0n) is 23.6. The minimum absolute atomic E-state index is 1.25. The Morgan fingerprint density at radius 3 is 1.84 bits per heavy atom. The molecule has 202 valence electrons. The summed E-state index contributed by atoms with van der Waals surface area (Å²) in [5.41, 5.74) is 8.99. The maximum absolute atomic E-state index is 2.56. The van der Waals surface area contributed by atoms with Crippen LogP contribution in [0.1, 0.15) is 0 Å². The van der Waals surface area contributed by atoms with Gasteiger partial charge in [0.1, 0.15) is 0 Å². The van der Waals surface area contributed by atoms with Crippen LogP contribution in [0.2, 0.25) is 0 Å². The van der Waals surface area contributed by atoms with E-state index in [1.165, 1.54) is 102 Å². The van der Waals surface area contributed by atoms with E-state index in [1.807, 2.05) is 11.3 Å². The monoisotopic (exact) mass is 573 g/mol. The van der Waals surface area contributed by atoms with E-state index < -0.39 is 0 Å². The van der Waals surface area contributed by atoms with Crippen LogP contribution in [-0.2, 0) is 0 Å². The highest BCUT2D eigenvalue weighted by atomic mass is 32.1. The summed E-state index contributed by atoms with van der Waals surface area (Å²) in [6.07, 6.45) is 0. The fraction of sp³-hybridized carbons (Fsp3) is 0. The zero-order chi connectivity index (χ0) is 28.5. The van der Waals surface area contributed by atoms with E-state index in [2.05, 4.69) is 144 Å². The van der Waals surface area contributed by atoms with Gasteiger partial charge in [-0.05, 0) is 56.4 Å². The first-order valence-corrected chi connectivity index (χ1v) is 16.0. The van der Waals surface area contributed by atoms with Gasteiger partial charge in [0.15, 0.2) is 0 Å². The van der Waals surface area contributed by atoms with Gasteiger partial charge in [-0.15, -0.1) is 11.3 Å². The van der Waals surface area contributed by atoms with Crippen molar-refractivity contribution in [2.75, 3.05) is 0 Å². The lowest BCUT2D eigenvalue weighted by Gasteiger charge is -2.11. The number of rotatable bonds is 2. The molecule has 0 aliphatic heterocycles. The quantitative estimate of drug-likeness (QED) is 0.181. The molecule has 0 fully saturated rings. The van der Waals surface area contributed by atoms with Gasteiger partial charge in [0.05, 0.1) is 16.6 Å². The number of aromatic nitrogens is 1. The molecular formula is C42H23NS. The molecule has 0 saturated carbocycles. The standard InChI is InChI=1S/C42H23NS/c1-2-12-29-28(11-1)31-16-8-19-36-38(31)39-32(29)21-22-34-33-17-6-14-26(40(33)43(36)41(34)39)24-9-5-10-25(23-24)27-15-7-18-35-30-13-3-4-20-37(30)44-42(27)35/h1-23H. The van der Waals surface area contributed by atoms with Crippen molar-refractivity contribution >= 4 is 91.1 Å². The molecule has 3 heterocycles. The molecule has 11 rings (SSSR count). The van der Waals surface area contributed by atoms with Gasteiger partial charge in [-0.2, -0.15) is 0 Å². The van der Waals surface area contributed by atoms with Crippen molar-refractivity contribution in [2.45, 2.75) is 0 Å². The fourth-order valence-corrected chi connectivity index (χ4v) is 9.34. The van der Waals surface area contributed by atoms with E-state index in [9.17, 15) is 0 Å². The van der Waals surface area contributed by atoms with Crippen LogP contribution < -0.4 is 0 Å². The van der Waals surface area contributed by atoms with Crippen molar-refractivity contribution in [3.63, 3.8) is 0 Å². The summed E-state index contributed by atoms with van der Waals surface area (Å²) in [6, 6.07) is 51.9. The molecule has 0 N–H and O–H groups in total. The SMILES string of the molecule is c1cc(-c2cccc3c2sc2ccccc23)cc(-c2cccc3c4ccc5c6ccccc6c6cccc7c6c5c4n7c23)c1. The van der Waals surface area contributed by atoms with Gasteiger partial charge in [-0.1, -0.05) is 121 Å².